The maximum absolute atomic E-state index is 12.0. The minimum atomic E-state index is 0.376. The molecule has 0 heterocycles. The van der Waals surface area contributed by atoms with Crippen LogP contribution in [0.3, 0.4) is 0 Å². The van der Waals surface area contributed by atoms with Crippen LogP contribution < -0.4 is 0 Å². The van der Waals surface area contributed by atoms with Crippen LogP contribution in [0.15, 0.2) is 0 Å². The molecular weight excluding hydrogens is 280 g/mol. The third-order valence-corrected chi connectivity index (χ3v) is 9.27. The van der Waals surface area contributed by atoms with Crippen molar-refractivity contribution in [3.63, 3.8) is 0 Å². The standard InChI is InChI=1S/C22H36O/c1-14-7-10-22(4)17(11-14)5-6-18-19(22)8-9-21(3)13-16(15(2)23)12-20(18)21/h14,16-20H,5-13H2,1-4H3/t14-,16+,17+,18-,19+,20+,21-,22+/m0/s1. The predicted octanol–water partition coefficient (Wildman–Crippen LogP) is 5.87. The van der Waals surface area contributed by atoms with Crippen LogP contribution >= 0.6 is 0 Å². The molecule has 4 aliphatic carbocycles. The molecule has 8 atom stereocenters. The van der Waals surface area contributed by atoms with Gasteiger partial charge in [-0.1, -0.05) is 27.2 Å². The zero-order chi connectivity index (χ0) is 16.4. The Morgan fingerprint density at radius 2 is 1.74 bits per heavy atom. The first-order chi connectivity index (χ1) is 10.8. The van der Waals surface area contributed by atoms with Crippen LogP contribution in [-0.4, -0.2) is 5.78 Å². The topological polar surface area (TPSA) is 17.1 Å². The molecule has 0 N–H and O–H groups in total. The van der Waals surface area contributed by atoms with E-state index in [1.54, 1.807) is 0 Å². The summed E-state index contributed by atoms with van der Waals surface area (Å²) < 4.78 is 0. The number of Topliss-reactive ketones (excluding diaryl/α,β-unsaturated/α-hetero) is 1. The van der Waals surface area contributed by atoms with Gasteiger partial charge >= 0.3 is 0 Å². The number of hydrogen-bond donors (Lipinski definition) is 0. The van der Waals surface area contributed by atoms with Crippen LogP contribution in [0.25, 0.3) is 0 Å². The third kappa shape index (κ3) is 2.35. The number of ketones is 1. The van der Waals surface area contributed by atoms with E-state index in [4.69, 9.17) is 0 Å². The Bertz CT molecular complexity index is 496. The van der Waals surface area contributed by atoms with E-state index in [1.165, 1.54) is 57.8 Å². The third-order valence-electron chi connectivity index (χ3n) is 9.27. The molecule has 4 aliphatic rings. The summed E-state index contributed by atoms with van der Waals surface area (Å²) in [5.41, 5.74) is 1.09. The van der Waals surface area contributed by atoms with Crippen molar-refractivity contribution in [2.75, 3.05) is 0 Å². The molecule has 0 aromatic rings. The van der Waals surface area contributed by atoms with Gasteiger partial charge in [-0.2, -0.15) is 0 Å². The molecule has 0 radical (unpaired) electrons. The van der Waals surface area contributed by atoms with Crippen LogP contribution in [0.2, 0.25) is 0 Å². The van der Waals surface area contributed by atoms with E-state index >= 15 is 0 Å². The summed E-state index contributed by atoms with van der Waals surface area (Å²) in [5, 5.41) is 0. The largest absolute Gasteiger partial charge is 0.300 e. The van der Waals surface area contributed by atoms with Gasteiger partial charge in [0.15, 0.2) is 0 Å². The molecule has 1 nitrogen and oxygen atoms in total. The monoisotopic (exact) mass is 316 g/mol. The smallest absolute Gasteiger partial charge is 0.132 e. The molecule has 0 spiro atoms. The van der Waals surface area contributed by atoms with Crippen molar-refractivity contribution in [2.24, 2.45) is 46.3 Å². The molecule has 1 heteroatoms. The van der Waals surface area contributed by atoms with Crippen molar-refractivity contribution < 1.29 is 4.79 Å². The summed E-state index contributed by atoms with van der Waals surface area (Å²) in [5.74, 6) is 5.50. The second kappa shape index (κ2) is 5.33. The number of hydrogen-bond acceptors (Lipinski definition) is 1. The summed E-state index contributed by atoms with van der Waals surface area (Å²) in [7, 11) is 0. The molecule has 0 aliphatic heterocycles. The first-order valence-corrected chi connectivity index (χ1v) is 10.3. The van der Waals surface area contributed by atoms with E-state index in [1.807, 2.05) is 6.92 Å². The summed E-state index contributed by atoms with van der Waals surface area (Å²) in [4.78, 5) is 12.0. The first kappa shape index (κ1) is 16.2. The highest BCUT2D eigenvalue weighted by Crippen LogP contribution is 2.67. The van der Waals surface area contributed by atoms with E-state index in [-0.39, 0.29) is 0 Å². The summed E-state index contributed by atoms with van der Waals surface area (Å²) in [6.07, 6.45) is 12.6. The fourth-order valence-electron chi connectivity index (χ4n) is 7.84. The lowest BCUT2D eigenvalue weighted by molar-refractivity contribution is -0.120. The SMILES string of the molecule is CC(=O)[C@@H]1C[C@@H]2[C@H]3CC[C@@H]4C[C@@H](C)CC[C@@]4(C)[C@@H]3CC[C@@]2(C)C1. The van der Waals surface area contributed by atoms with E-state index < -0.39 is 0 Å². The second-order valence-corrected chi connectivity index (χ2v) is 10.5. The van der Waals surface area contributed by atoms with Gasteiger partial charge in [-0.25, -0.2) is 0 Å². The van der Waals surface area contributed by atoms with Gasteiger partial charge in [-0.3, -0.25) is 4.79 Å². The van der Waals surface area contributed by atoms with Crippen molar-refractivity contribution in [3.8, 4) is 0 Å². The Hall–Kier alpha value is -0.330. The van der Waals surface area contributed by atoms with Gasteiger partial charge in [0, 0.05) is 5.92 Å². The molecule has 4 saturated carbocycles. The summed E-state index contributed by atoms with van der Waals surface area (Å²) >= 11 is 0. The molecule has 0 saturated heterocycles. The molecule has 23 heavy (non-hydrogen) atoms. The molecule has 0 aromatic carbocycles. The predicted molar refractivity (Wildman–Crippen MR) is 95.1 cm³/mol. The number of rotatable bonds is 1. The molecule has 0 unspecified atom stereocenters. The van der Waals surface area contributed by atoms with Gasteiger partial charge in [-0.15, -0.1) is 0 Å². The van der Waals surface area contributed by atoms with Crippen LogP contribution in [0, 0.1) is 46.3 Å². The van der Waals surface area contributed by atoms with Crippen LogP contribution in [-0.2, 0) is 4.79 Å². The molecule has 0 aromatic heterocycles. The maximum Gasteiger partial charge on any atom is 0.132 e. The van der Waals surface area contributed by atoms with E-state index in [0.29, 0.717) is 22.5 Å². The summed E-state index contributed by atoms with van der Waals surface area (Å²) in [6.45, 7) is 9.48. The van der Waals surface area contributed by atoms with Crippen molar-refractivity contribution in [1.82, 2.24) is 0 Å². The van der Waals surface area contributed by atoms with Crippen LogP contribution in [0.1, 0.15) is 85.5 Å². The molecule has 0 bridgehead atoms. The van der Waals surface area contributed by atoms with Crippen molar-refractivity contribution in [2.45, 2.75) is 85.5 Å². The second-order valence-electron chi connectivity index (χ2n) is 10.5. The first-order valence-electron chi connectivity index (χ1n) is 10.3. The van der Waals surface area contributed by atoms with Gasteiger partial charge in [0.25, 0.3) is 0 Å². The van der Waals surface area contributed by atoms with Gasteiger partial charge in [0.05, 0.1) is 0 Å². The zero-order valence-corrected chi connectivity index (χ0v) is 15.7. The average molecular weight is 317 g/mol. The normalized spacial score (nSPS) is 55.7. The lowest BCUT2D eigenvalue weighted by atomic mass is 9.45. The number of carbonyl (C=O) groups is 1. The van der Waals surface area contributed by atoms with Gasteiger partial charge in [0.1, 0.15) is 5.78 Å². The zero-order valence-electron chi connectivity index (χ0n) is 15.7. The molecule has 130 valence electrons. The molecular formula is C22H36O. The molecule has 4 rings (SSSR count). The van der Waals surface area contributed by atoms with E-state index in [2.05, 4.69) is 20.8 Å². The number of carbonyl (C=O) groups excluding carboxylic acids is 1. The van der Waals surface area contributed by atoms with E-state index in [0.717, 1.165) is 29.6 Å². The lowest BCUT2D eigenvalue weighted by Gasteiger charge is -2.60. The average Bonchev–Trinajstić information content (AvgIpc) is 2.86. The van der Waals surface area contributed by atoms with Crippen molar-refractivity contribution >= 4 is 5.78 Å². The van der Waals surface area contributed by atoms with Crippen LogP contribution in [0.4, 0.5) is 0 Å². The van der Waals surface area contributed by atoms with Crippen molar-refractivity contribution in [3.05, 3.63) is 0 Å². The highest BCUT2D eigenvalue weighted by atomic mass is 16.1. The Morgan fingerprint density at radius 3 is 2.48 bits per heavy atom. The Balaban J connectivity index is 1.60. The Kier molecular flexibility index (Phi) is 3.75. The van der Waals surface area contributed by atoms with Crippen LogP contribution in [0.5, 0.6) is 0 Å². The quantitative estimate of drug-likeness (QED) is 0.591. The maximum atomic E-state index is 12.0. The fraction of sp³-hybridized carbons (Fsp3) is 0.955. The van der Waals surface area contributed by atoms with Gasteiger partial charge < -0.3 is 0 Å². The highest BCUT2D eigenvalue weighted by Gasteiger charge is 2.59. The van der Waals surface area contributed by atoms with E-state index in [9.17, 15) is 4.79 Å². The minimum Gasteiger partial charge on any atom is -0.300 e. The Labute approximate surface area is 143 Å². The molecule has 4 fully saturated rings. The molecule has 0 amide bonds. The highest BCUT2D eigenvalue weighted by molar-refractivity contribution is 5.78. The van der Waals surface area contributed by atoms with Crippen molar-refractivity contribution in [1.29, 1.82) is 0 Å². The minimum absolute atomic E-state index is 0.376. The summed E-state index contributed by atoms with van der Waals surface area (Å²) in [6, 6.07) is 0. The van der Waals surface area contributed by atoms with Gasteiger partial charge in [0.2, 0.25) is 0 Å². The fourth-order valence-corrected chi connectivity index (χ4v) is 7.84. The number of fused-ring (bicyclic) bond motifs is 5. The Morgan fingerprint density at radius 1 is 0.957 bits per heavy atom. The lowest BCUT2D eigenvalue weighted by Crippen LogP contribution is -2.52. The van der Waals surface area contributed by atoms with Gasteiger partial charge in [-0.05, 0) is 98.7 Å².